The van der Waals surface area contributed by atoms with E-state index in [-0.39, 0.29) is 11.9 Å². The number of benzene rings is 1. The summed E-state index contributed by atoms with van der Waals surface area (Å²) in [6.45, 7) is 5.35. The number of para-hydroxylation sites is 1. The highest BCUT2D eigenvalue weighted by atomic mass is 16.4. The first-order chi connectivity index (χ1) is 11.1. The maximum atomic E-state index is 12.7. The predicted molar refractivity (Wildman–Crippen MR) is 87.4 cm³/mol. The van der Waals surface area contributed by atoms with Gasteiger partial charge in [0, 0.05) is 38.4 Å². The topological polar surface area (TPSA) is 64.1 Å². The van der Waals surface area contributed by atoms with Crippen molar-refractivity contribution in [3.05, 3.63) is 30.3 Å². The van der Waals surface area contributed by atoms with Crippen LogP contribution in [0.15, 0.2) is 30.3 Å². The predicted octanol–water partition coefficient (Wildman–Crippen LogP) is 0.883. The number of carboxylic acids is 1. The number of nitrogens with zero attached hydrogens (tertiary/aromatic N) is 3. The fourth-order valence-electron chi connectivity index (χ4n) is 3.46. The monoisotopic (exact) mass is 317 g/mol. The molecule has 2 aliphatic rings. The van der Waals surface area contributed by atoms with Crippen molar-refractivity contribution in [3.63, 3.8) is 0 Å². The van der Waals surface area contributed by atoms with Crippen molar-refractivity contribution < 1.29 is 14.7 Å². The van der Waals surface area contributed by atoms with E-state index in [1.807, 2.05) is 40.1 Å². The van der Waals surface area contributed by atoms with E-state index < -0.39 is 12.0 Å². The summed E-state index contributed by atoms with van der Waals surface area (Å²) in [4.78, 5) is 29.8. The molecule has 0 spiro atoms. The zero-order valence-electron chi connectivity index (χ0n) is 13.4. The highest BCUT2D eigenvalue weighted by Crippen LogP contribution is 2.25. The number of amides is 1. The average molecular weight is 317 g/mol. The number of carbonyl (C=O) groups is 2. The van der Waals surface area contributed by atoms with E-state index in [4.69, 9.17) is 5.11 Å². The molecule has 0 aliphatic carbocycles. The molecule has 2 atom stereocenters. The summed E-state index contributed by atoms with van der Waals surface area (Å²) < 4.78 is 0. The lowest BCUT2D eigenvalue weighted by molar-refractivity contribution is -0.143. The van der Waals surface area contributed by atoms with Gasteiger partial charge < -0.3 is 10.0 Å². The van der Waals surface area contributed by atoms with Crippen LogP contribution in [0.4, 0.5) is 5.69 Å². The van der Waals surface area contributed by atoms with Crippen molar-refractivity contribution >= 4 is 17.6 Å². The Morgan fingerprint density at radius 2 is 1.78 bits per heavy atom. The van der Waals surface area contributed by atoms with Crippen LogP contribution in [0.1, 0.15) is 13.3 Å². The van der Waals surface area contributed by atoms with E-state index >= 15 is 0 Å². The van der Waals surface area contributed by atoms with E-state index in [2.05, 4.69) is 4.90 Å². The Balaban J connectivity index is 1.60. The van der Waals surface area contributed by atoms with Crippen LogP contribution in [0.3, 0.4) is 0 Å². The van der Waals surface area contributed by atoms with Gasteiger partial charge >= 0.3 is 5.97 Å². The molecule has 0 saturated carbocycles. The van der Waals surface area contributed by atoms with Gasteiger partial charge in [-0.1, -0.05) is 18.2 Å². The number of piperazine rings is 1. The minimum Gasteiger partial charge on any atom is -0.480 e. The summed E-state index contributed by atoms with van der Waals surface area (Å²) in [6, 6.07) is 9.24. The summed E-state index contributed by atoms with van der Waals surface area (Å²) in [7, 11) is 0. The second kappa shape index (κ2) is 6.68. The molecule has 3 rings (SSSR count). The number of anilines is 1. The summed E-state index contributed by atoms with van der Waals surface area (Å²) in [5, 5.41) is 9.10. The van der Waals surface area contributed by atoms with Gasteiger partial charge in [-0.2, -0.15) is 0 Å². The van der Waals surface area contributed by atoms with Gasteiger partial charge in [-0.15, -0.1) is 0 Å². The van der Waals surface area contributed by atoms with Crippen molar-refractivity contribution in [3.8, 4) is 0 Å². The fourth-order valence-corrected chi connectivity index (χ4v) is 3.46. The largest absolute Gasteiger partial charge is 0.480 e. The highest BCUT2D eigenvalue weighted by Gasteiger charge is 2.38. The van der Waals surface area contributed by atoms with Gasteiger partial charge in [0.2, 0.25) is 5.91 Å². The average Bonchev–Trinajstić information content (AvgIpc) is 2.96. The molecule has 0 radical (unpaired) electrons. The Kier molecular flexibility index (Phi) is 4.63. The minimum absolute atomic E-state index is 0.0718. The van der Waals surface area contributed by atoms with Crippen LogP contribution in [-0.2, 0) is 9.59 Å². The lowest BCUT2D eigenvalue weighted by Gasteiger charge is -2.38. The van der Waals surface area contributed by atoms with Crippen molar-refractivity contribution in [1.29, 1.82) is 0 Å². The molecule has 2 heterocycles. The Morgan fingerprint density at radius 1 is 1.13 bits per heavy atom. The minimum atomic E-state index is -0.786. The quantitative estimate of drug-likeness (QED) is 0.893. The van der Waals surface area contributed by atoms with E-state index in [1.54, 1.807) is 6.92 Å². The maximum absolute atomic E-state index is 12.7. The second-order valence-corrected chi connectivity index (χ2v) is 6.22. The van der Waals surface area contributed by atoms with E-state index in [9.17, 15) is 9.59 Å². The molecule has 6 nitrogen and oxygen atoms in total. The molecule has 23 heavy (non-hydrogen) atoms. The lowest BCUT2D eigenvalue weighted by Crippen LogP contribution is -2.55. The molecule has 0 aromatic heterocycles. The van der Waals surface area contributed by atoms with E-state index in [0.717, 1.165) is 31.7 Å². The normalized spacial score (nSPS) is 24.8. The Hall–Kier alpha value is -1.92. The molecule has 2 unspecified atom stereocenters. The summed E-state index contributed by atoms with van der Waals surface area (Å²) in [5.74, 6) is -0.624. The summed E-state index contributed by atoms with van der Waals surface area (Å²) >= 11 is 0. The molecular formula is C17H23N3O3. The molecule has 1 aromatic carbocycles. The Labute approximate surface area is 136 Å². The zero-order chi connectivity index (χ0) is 16.4. The van der Waals surface area contributed by atoms with Crippen LogP contribution in [0.5, 0.6) is 0 Å². The Bertz CT molecular complexity index is 570. The van der Waals surface area contributed by atoms with Gasteiger partial charge in [0.05, 0.1) is 6.04 Å². The first-order valence-corrected chi connectivity index (χ1v) is 8.15. The number of rotatable bonds is 4. The van der Waals surface area contributed by atoms with Gasteiger partial charge in [-0.3, -0.25) is 19.4 Å². The van der Waals surface area contributed by atoms with Gasteiger partial charge in [-0.05, 0) is 25.5 Å². The second-order valence-electron chi connectivity index (χ2n) is 6.22. The molecule has 0 bridgehead atoms. The molecule has 1 N–H and O–H groups in total. The molecule has 124 valence electrons. The number of aliphatic carboxylic acids is 1. The Morgan fingerprint density at radius 3 is 2.39 bits per heavy atom. The summed E-state index contributed by atoms with van der Waals surface area (Å²) in [5.41, 5.74) is 0.957. The molecule has 6 heteroatoms. The zero-order valence-corrected chi connectivity index (χ0v) is 13.4. The van der Waals surface area contributed by atoms with Crippen LogP contribution in [0, 0.1) is 0 Å². The third-order valence-electron chi connectivity index (χ3n) is 4.94. The van der Waals surface area contributed by atoms with Gasteiger partial charge in [-0.25, -0.2) is 0 Å². The van der Waals surface area contributed by atoms with E-state index in [1.165, 1.54) is 0 Å². The molecule has 2 aliphatic heterocycles. The van der Waals surface area contributed by atoms with Crippen LogP contribution < -0.4 is 4.90 Å². The molecular weight excluding hydrogens is 294 g/mol. The third-order valence-corrected chi connectivity index (χ3v) is 4.94. The number of hydrogen-bond acceptors (Lipinski definition) is 4. The van der Waals surface area contributed by atoms with Crippen LogP contribution in [0.25, 0.3) is 0 Å². The smallest absolute Gasteiger partial charge is 0.320 e. The van der Waals surface area contributed by atoms with Gasteiger partial charge in [0.1, 0.15) is 6.04 Å². The van der Waals surface area contributed by atoms with Crippen molar-refractivity contribution in [1.82, 2.24) is 9.80 Å². The van der Waals surface area contributed by atoms with Crippen molar-refractivity contribution in [2.75, 3.05) is 37.6 Å². The SMILES string of the molecule is CC(C(=O)O)N1CCN(C2CCN(c3ccccc3)C2=O)CC1. The van der Waals surface area contributed by atoms with E-state index in [0.29, 0.717) is 13.1 Å². The lowest BCUT2D eigenvalue weighted by atomic mass is 10.1. The molecule has 2 fully saturated rings. The highest BCUT2D eigenvalue weighted by molar-refractivity contribution is 5.99. The standard InChI is InChI=1S/C17H23N3O3/c1-13(17(22)23)18-9-11-19(12-10-18)15-7-8-20(16(15)21)14-5-3-2-4-6-14/h2-6,13,15H,7-12H2,1H3,(H,22,23). The first kappa shape index (κ1) is 16.0. The van der Waals surface area contributed by atoms with Crippen LogP contribution in [-0.4, -0.2) is 71.6 Å². The summed E-state index contributed by atoms with van der Waals surface area (Å²) in [6.07, 6.45) is 0.836. The third kappa shape index (κ3) is 3.23. The van der Waals surface area contributed by atoms with Crippen molar-refractivity contribution in [2.24, 2.45) is 0 Å². The van der Waals surface area contributed by atoms with Gasteiger partial charge in [0.25, 0.3) is 0 Å². The first-order valence-electron chi connectivity index (χ1n) is 8.15. The molecule has 1 aromatic rings. The van der Waals surface area contributed by atoms with Crippen LogP contribution >= 0.6 is 0 Å². The molecule has 1 amide bonds. The van der Waals surface area contributed by atoms with Crippen LogP contribution in [0.2, 0.25) is 0 Å². The molecule has 2 saturated heterocycles. The van der Waals surface area contributed by atoms with Gasteiger partial charge in [0.15, 0.2) is 0 Å². The number of hydrogen-bond donors (Lipinski definition) is 1. The fraction of sp³-hybridized carbons (Fsp3) is 0.529. The maximum Gasteiger partial charge on any atom is 0.320 e. The number of carboxylic acid groups (broad SMARTS) is 1. The van der Waals surface area contributed by atoms with Crippen molar-refractivity contribution in [2.45, 2.75) is 25.4 Å². The number of carbonyl (C=O) groups excluding carboxylic acids is 1.